The summed E-state index contributed by atoms with van der Waals surface area (Å²) in [5, 5.41) is 9.46. The van der Waals surface area contributed by atoms with Gasteiger partial charge in [0.2, 0.25) is 0 Å². The highest BCUT2D eigenvalue weighted by molar-refractivity contribution is 5.76. The number of nitriles is 1. The van der Waals surface area contributed by atoms with Crippen LogP contribution in [0, 0.1) is 11.3 Å². The van der Waals surface area contributed by atoms with Crippen molar-refractivity contribution in [3.05, 3.63) is 29.6 Å². The van der Waals surface area contributed by atoms with E-state index < -0.39 is 0 Å². The maximum atomic E-state index is 9.46. The smallest absolute Gasteiger partial charge is 0.110 e. The van der Waals surface area contributed by atoms with E-state index in [0.29, 0.717) is 5.92 Å². The van der Waals surface area contributed by atoms with E-state index in [1.54, 1.807) is 0 Å². The number of imidazole rings is 1. The average molecular weight is 265 g/mol. The van der Waals surface area contributed by atoms with Gasteiger partial charge in [-0.15, -0.1) is 0 Å². The van der Waals surface area contributed by atoms with E-state index in [-0.39, 0.29) is 5.41 Å². The Labute approximate surface area is 119 Å². The average Bonchev–Trinajstić information content (AvgIpc) is 3.06. The molecule has 0 spiro atoms. The molecule has 0 aliphatic heterocycles. The third-order valence-electron chi connectivity index (χ3n) is 5.22. The molecule has 1 aromatic carbocycles. The van der Waals surface area contributed by atoms with Crippen LogP contribution in [0.5, 0.6) is 0 Å². The standard InChI is InChI=1S/C17H19N3/c18-11-17(8-3-9-17)13-6-7-14-15(10-13)20-16(19-14)12-4-1-2-5-12/h6-7,10,12H,1-5,8-9H2,(H,19,20). The minimum atomic E-state index is -0.229. The zero-order valence-corrected chi connectivity index (χ0v) is 11.7. The zero-order chi connectivity index (χ0) is 13.6. The molecule has 0 radical (unpaired) electrons. The minimum Gasteiger partial charge on any atom is -0.342 e. The molecule has 4 rings (SSSR count). The Hall–Kier alpha value is -1.82. The molecule has 2 aliphatic carbocycles. The lowest BCUT2D eigenvalue weighted by atomic mass is 9.65. The Kier molecular flexibility index (Phi) is 2.60. The van der Waals surface area contributed by atoms with E-state index in [2.05, 4.69) is 29.3 Å². The van der Waals surface area contributed by atoms with Crippen molar-refractivity contribution in [1.82, 2.24) is 9.97 Å². The number of nitrogens with one attached hydrogen (secondary N) is 1. The summed E-state index contributed by atoms with van der Waals surface area (Å²) in [7, 11) is 0. The molecule has 0 bridgehead atoms. The summed E-state index contributed by atoms with van der Waals surface area (Å²) in [5.41, 5.74) is 3.08. The SMILES string of the molecule is N#CC1(c2ccc3nc(C4CCCC4)[nH]c3c2)CCC1. The van der Waals surface area contributed by atoms with Crippen LogP contribution < -0.4 is 0 Å². The molecule has 3 nitrogen and oxygen atoms in total. The van der Waals surface area contributed by atoms with Crippen LogP contribution in [0.2, 0.25) is 0 Å². The van der Waals surface area contributed by atoms with Crippen molar-refractivity contribution in [1.29, 1.82) is 5.26 Å². The normalized spacial score (nSPS) is 21.8. The van der Waals surface area contributed by atoms with E-state index in [1.807, 2.05) is 0 Å². The van der Waals surface area contributed by atoms with Gasteiger partial charge in [0.15, 0.2) is 0 Å². The third-order valence-corrected chi connectivity index (χ3v) is 5.22. The molecule has 0 unspecified atom stereocenters. The van der Waals surface area contributed by atoms with Crippen molar-refractivity contribution in [2.75, 3.05) is 0 Å². The van der Waals surface area contributed by atoms with Crippen LogP contribution in [-0.2, 0) is 5.41 Å². The summed E-state index contributed by atoms with van der Waals surface area (Å²) in [6.45, 7) is 0. The van der Waals surface area contributed by atoms with Gasteiger partial charge in [0.05, 0.1) is 22.5 Å². The van der Waals surface area contributed by atoms with Gasteiger partial charge in [-0.25, -0.2) is 4.98 Å². The predicted molar refractivity (Wildman–Crippen MR) is 78.4 cm³/mol. The number of rotatable bonds is 2. The third kappa shape index (κ3) is 1.67. The Bertz CT molecular complexity index is 682. The first kappa shape index (κ1) is 12.0. The summed E-state index contributed by atoms with van der Waals surface area (Å²) in [4.78, 5) is 8.25. The number of nitrogens with zero attached hydrogens (tertiary/aromatic N) is 2. The summed E-state index contributed by atoms with van der Waals surface area (Å²) < 4.78 is 0. The van der Waals surface area contributed by atoms with Gasteiger partial charge >= 0.3 is 0 Å². The first-order valence-electron chi connectivity index (χ1n) is 7.72. The molecule has 1 aromatic heterocycles. The van der Waals surface area contributed by atoms with E-state index >= 15 is 0 Å². The molecule has 2 aromatic rings. The van der Waals surface area contributed by atoms with E-state index in [4.69, 9.17) is 4.98 Å². The van der Waals surface area contributed by atoms with Gasteiger partial charge in [0, 0.05) is 5.92 Å². The molecule has 1 N–H and O–H groups in total. The lowest BCUT2D eigenvalue weighted by Crippen LogP contribution is -2.32. The van der Waals surface area contributed by atoms with Crippen molar-refractivity contribution in [3.63, 3.8) is 0 Å². The molecular weight excluding hydrogens is 246 g/mol. The van der Waals surface area contributed by atoms with Crippen LogP contribution in [0.4, 0.5) is 0 Å². The van der Waals surface area contributed by atoms with Crippen LogP contribution >= 0.6 is 0 Å². The van der Waals surface area contributed by atoms with Gasteiger partial charge in [-0.3, -0.25) is 0 Å². The second-order valence-electron chi connectivity index (χ2n) is 6.38. The molecule has 0 amide bonds. The topological polar surface area (TPSA) is 52.5 Å². The van der Waals surface area contributed by atoms with E-state index in [0.717, 1.165) is 29.7 Å². The Morgan fingerprint density at radius 3 is 2.65 bits per heavy atom. The minimum absolute atomic E-state index is 0.229. The van der Waals surface area contributed by atoms with Crippen LogP contribution in [0.3, 0.4) is 0 Å². The first-order chi connectivity index (χ1) is 9.81. The van der Waals surface area contributed by atoms with Crippen LogP contribution in [-0.4, -0.2) is 9.97 Å². The fourth-order valence-corrected chi connectivity index (χ4v) is 3.71. The summed E-state index contributed by atoms with van der Waals surface area (Å²) in [6, 6.07) is 8.86. The highest BCUT2D eigenvalue weighted by Crippen LogP contribution is 2.43. The molecule has 102 valence electrons. The molecule has 0 atom stereocenters. The first-order valence-corrected chi connectivity index (χ1v) is 7.72. The van der Waals surface area contributed by atoms with Crippen LogP contribution in [0.1, 0.15) is 62.3 Å². The molecular formula is C17H19N3. The summed E-state index contributed by atoms with van der Waals surface area (Å²) in [5.74, 6) is 1.76. The van der Waals surface area contributed by atoms with Gasteiger partial charge in [0.1, 0.15) is 5.82 Å². The number of aromatic amines is 1. The van der Waals surface area contributed by atoms with Gasteiger partial charge in [-0.05, 0) is 49.8 Å². The van der Waals surface area contributed by atoms with E-state index in [1.165, 1.54) is 37.7 Å². The van der Waals surface area contributed by atoms with Gasteiger partial charge < -0.3 is 4.98 Å². The fourth-order valence-electron chi connectivity index (χ4n) is 3.71. The van der Waals surface area contributed by atoms with Gasteiger partial charge in [-0.2, -0.15) is 5.26 Å². The van der Waals surface area contributed by atoms with Crippen molar-refractivity contribution < 1.29 is 0 Å². The number of benzene rings is 1. The molecule has 2 fully saturated rings. The quantitative estimate of drug-likeness (QED) is 0.886. The zero-order valence-electron chi connectivity index (χ0n) is 11.7. The number of hydrogen-bond donors (Lipinski definition) is 1. The molecule has 2 saturated carbocycles. The molecule has 1 heterocycles. The van der Waals surface area contributed by atoms with Crippen molar-refractivity contribution >= 4 is 11.0 Å². The maximum Gasteiger partial charge on any atom is 0.110 e. The number of H-pyrrole nitrogens is 1. The van der Waals surface area contributed by atoms with Gasteiger partial charge in [0.25, 0.3) is 0 Å². The maximum absolute atomic E-state index is 9.46. The molecule has 0 saturated heterocycles. The largest absolute Gasteiger partial charge is 0.342 e. The monoisotopic (exact) mass is 265 g/mol. The summed E-state index contributed by atoms with van der Waals surface area (Å²) in [6.07, 6.45) is 8.33. The fraction of sp³-hybridized carbons (Fsp3) is 0.529. The number of hydrogen-bond acceptors (Lipinski definition) is 2. The lowest BCUT2D eigenvalue weighted by molar-refractivity contribution is 0.324. The van der Waals surface area contributed by atoms with Crippen molar-refractivity contribution in [2.24, 2.45) is 0 Å². The van der Waals surface area contributed by atoms with Crippen molar-refractivity contribution in [3.8, 4) is 6.07 Å². The molecule has 2 aliphatic rings. The van der Waals surface area contributed by atoms with Crippen LogP contribution in [0.15, 0.2) is 18.2 Å². The molecule has 20 heavy (non-hydrogen) atoms. The lowest BCUT2D eigenvalue weighted by Gasteiger charge is -2.35. The molecule has 3 heteroatoms. The van der Waals surface area contributed by atoms with E-state index in [9.17, 15) is 5.26 Å². The number of aromatic nitrogens is 2. The second kappa shape index (κ2) is 4.34. The second-order valence-corrected chi connectivity index (χ2v) is 6.38. The predicted octanol–water partition coefficient (Wildman–Crippen LogP) is 4.17. The Morgan fingerprint density at radius 1 is 1.20 bits per heavy atom. The highest BCUT2D eigenvalue weighted by Gasteiger charge is 2.39. The van der Waals surface area contributed by atoms with Crippen molar-refractivity contribution in [2.45, 2.75) is 56.3 Å². The Morgan fingerprint density at radius 2 is 2.00 bits per heavy atom. The highest BCUT2D eigenvalue weighted by atomic mass is 14.9. The number of fused-ring (bicyclic) bond motifs is 1. The van der Waals surface area contributed by atoms with Gasteiger partial charge in [-0.1, -0.05) is 18.9 Å². The Balaban J connectivity index is 1.74. The van der Waals surface area contributed by atoms with Crippen LogP contribution in [0.25, 0.3) is 11.0 Å². The summed E-state index contributed by atoms with van der Waals surface area (Å²) >= 11 is 0.